The first kappa shape index (κ1) is 13.2. The third-order valence-electron chi connectivity index (χ3n) is 3.41. The zero-order valence-electron chi connectivity index (χ0n) is 10.2. The average Bonchev–Trinajstić information content (AvgIpc) is 2.77. The quantitative estimate of drug-likeness (QED) is 0.576. The summed E-state index contributed by atoms with van der Waals surface area (Å²) in [6.45, 7) is 2.04. The monoisotopic (exact) mass is 267 g/mol. The number of halogens is 1. The number of rotatable bonds is 4. The second-order valence-corrected chi connectivity index (χ2v) is 5.12. The minimum absolute atomic E-state index is 0.0623. The van der Waals surface area contributed by atoms with Crippen LogP contribution >= 0.6 is 11.6 Å². The van der Waals surface area contributed by atoms with E-state index in [4.69, 9.17) is 27.9 Å². The molecule has 4 nitrogen and oxygen atoms in total. The smallest absolute Gasteiger partial charge is 0.124 e. The second-order valence-electron chi connectivity index (χ2n) is 4.69. The maximum atomic E-state index is 8.98. The van der Waals surface area contributed by atoms with Gasteiger partial charge in [-0.15, -0.1) is 0 Å². The zero-order chi connectivity index (χ0) is 13.1. The number of amidine groups is 1. The van der Waals surface area contributed by atoms with E-state index < -0.39 is 0 Å². The topological polar surface area (TPSA) is 73.3 Å². The van der Waals surface area contributed by atoms with Crippen LogP contribution in [-0.2, 0) is 0 Å². The number of benzene rings is 1. The molecule has 1 aliphatic rings. The molecule has 1 heterocycles. The van der Waals surface area contributed by atoms with Crippen molar-refractivity contribution in [1.82, 2.24) is 0 Å². The van der Waals surface area contributed by atoms with Crippen molar-refractivity contribution < 1.29 is 5.11 Å². The van der Waals surface area contributed by atoms with Gasteiger partial charge in [-0.1, -0.05) is 11.6 Å². The molecule has 1 fully saturated rings. The molecular weight excluding hydrogens is 250 g/mol. The van der Waals surface area contributed by atoms with Gasteiger partial charge in [0.2, 0.25) is 0 Å². The first-order chi connectivity index (χ1) is 8.61. The van der Waals surface area contributed by atoms with Gasteiger partial charge in [0.25, 0.3) is 0 Å². The van der Waals surface area contributed by atoms with Crippen molar-refractivity contribution >= 4 is 23.1 Å². The predicted octanol–water partition coefficient (Wildman–Crippen LogP) is 1.83. The number of anilines is 1. The predicted molar refractivity (Wildman–Crippen MR) is 74.5 cm³/mol. The molecule has 1 aliphatic heterocycles. The van der Waals surface area contributed by atoms with Crippen LogP contribution in [0.3, 0.4) is 0 Å². The minimum atomic E-state index is 0.0623. The van der Waals surface area contributed by atoms with Gasteiger partial charge >= 0.3 is 0 Å². The normalized spacial score (nSPS) is 19.2. The Morgan fingerprint density at radius 3 is 3.00 bits per heavy atom. The molecular formula is C13H18ClN3O. The van der Waals surface area contributed by atoms with E-state index in [1.54, 1.807) is 12.1 Å². The van der Waals surface area contributed by atoms with E-state index in [1.807, 2.05) is 6.07 Å². The Morgan fingerprint density at radius 2 is 2.33 bits per heavy atom. The van der Waals surface area contributed by atoms with Crippen LogP contribution in [0, 0.1) is 11.3 Å². The maximum Gasteiger partial charge on any atom is 0.124 e. The number of nitrogens with one attached hydrogen (secondary N) is 1. The summed E-state index contributed by atoms with van der Waals surface area (Å²) in [4.78, 5) is 2.20. The van der Waals surface area contributed by atoms with Crippen molar-refractivity contribution in [2.24, 2.45) is 11.7 Å². The van der Waals surface area contributed by atoms with Gasteiger partial charge in [0.15, 0.2) is 0 Å². The lowest BCUT2D eigenvalue weighted by molar-refractivity contribution is 0.263. The van der Waals surface area contributed by atoms with Crippen molar-refractivity contribution in [1.29, 1.82) is 5.41 Å². The maximum absolute atomic E-state index is 8.98. The first-order valence-electron chi connectivity index (χ1n) is 6.11. The van der Waals surface area contributed by atoms with E-state index >= 15 is 0 Å². The van der Waals surface area contributed by atoms with Crippen molar-refractivity contribution in [2.75, 3.05) is 24.6 Å². The van der Waals surface area contributed by atoms with Crippen molar-refractivity contribution in [2.45, 2.75) is 12.8 Å². The van der Waals surface area contributed by atoms with Gasteiger partial charge in [-0.25, -0.2) is 0 Å². The molecule has 2 rings (SSSR count). The molecule has 18 heavy (non-hydrogen) atoms. The molecule has 1 unspecified atom stereocenters. The highest BCUT2D eigenvalue weighted by Gasteiger charge is 2.24. The fraction of sp³-hybridized carbons (Fsp3) is 0.462. The lowest BCUT2D eigenvalue weighted by atomic mass is 10.1. The van der Waals surface area contributed by atoms with Crippen LogP contribution in [0.1, 0.15) is 18.4 Å². The Kier molecular flexibility index (Phi) is 4.09. The van der Waals surface area contributed by atoms with Crippen LogP contribution in [0.15, 0.2) is 18.2 Å². The van der Waals surface area contributed by atoms with Gasteiger partial charge in [-0.2, -0.15) is 0 Å². The van der Waals surface area contributed by atoms with Crippen LogP contribution in [0.4, 0.5) is 5.69 Å². The molecule has 1 saturated heterocycles. The summed E-state index contributed by atoms with van der Waals surface area (Å²) in [7, 11) is 0. The summed E-state index contributed by atoms with van der Waals surface area (Å²) in [6.07, 6.45) is 1.89. The Bertz CT molecular complexity index is 450. The molecule has 98 valence electrons. The van der Waals surface area contributed by atoms with E-state index in [1.165, 1.54) is 0 Å². The number of nitrogens with zero attached hydrogens (tertiary/aromatic N) is 1. The number of aliphatic hydroxyl groups excluding tert-OH is 1. The number of aliphatic hydroxyl groups is 1. The lowest BCUT2D eigenvalue weighted by Crippen LogP contribution is -2.24. The largest absolute Gasteiger partial charge is 0.396 e. The molecule has 0 amide bonds. The third-order valence-corrected chi connectivity index (χ3v) is 3.65. The Labute approximate surface area is 112 Å². The van der Waals surface area contributed by atoms with Gasteiger partial charge in [0, 0.05) is 36.0 Å². The standard InChI is InChI=1S/C13H18ClN3O/c14-10-1-2-11(13(15)16)12(7-10)17-5-3-9(8-17)4-6-18/h1-2,7,9,18H,3-6,8H2,(H3,15,16). The second kappa shape index (κ2) is 5.59. The zero-order valence-corrected chi connectivity index (χ0v) is 11.0. The number of hydrogen-bond acceptors (Lipinski definition) is 3. The Hall–Kier alpha value is -1.26. The van der Waals surface area contributed by atoms with Crippen molar-refractivity contribution in [3.8, 4) is 0 Å². The van der Waals surface area contributed by atoms with E-state index in [9.17, 15) is 0 Å². The number of nitrogens with two attached hydrogens (primary N) is 1. The van der Waals surface area contributed by atoms with Crippen LogP contribution in [0.5, 0.6) is 0 Å². The Morgan fingerprint density at radius 1 is 1.56 bits per heavy atom. The third kappa shape index (κ3) is 2.76. The summed E-state index contributed by atoms with van der Waals surface area (Å²) in [5.41, 5.74) is 7.25. The molecule has 0 spiro atoms. The molecule has 4 N–H and O–H groups in total. The molecule has 0 bridgehead atoms. The summed E-state index contributed by atoms with van der Waals surface area (Å²) >= 11 is 6.02. The molecule has 1 aromatic rings. The van der Waals surface area contributed by atoms with E-state index in [0.29, 0.717) is 10.9 Å². The number of hydrogen-bond donors (Lipinski definition) is 3. The van der Waals surface area contributed by atoms with Crippen molar-refractivity contribution in [3.05, 3.63) is 28.8 Å². The lowest BCUT2D eigenvalue weighted by Gasteiger charge is -2.22. The van der Waals surface area contributed by atoms with E-state index in [-0.39, 0.29) is 12.4 Å². The molecule has 0 aliphatic carbocycles. The molecule has 1 aromatic carbocycles. The molecule has 5 heteroatoms. The summed E-state index contributed by atoms with van der Waals surface area (Å²) in [6, 6.07) is 5.40. The fourth-order valence-corrected chi connectivity index (χ4v) is 2.63. The SMILES string of the molecule is N=C(N)c1ccc(Cl)cc1N1CCC(CCO)C1. The minimum Gasteiger partial charge on any atom is -0.396 e. The molecule has 0 radical (unpaired) electrons. The average molecular weight is 268 g/mol. The highest BCUT2D eigenvalue weighted by molar-refractivity contribution is 6.31. The van der Waals surface area contributed by atoms with Gasteiger partial charge in [-0.05, 0) is 37.0 Å². The van der Waals surface area contributed by atoms with Gasteiger partial charge in [-0.3, -0.25) is 5.41 Å². The van der Waals surface area contributed by atoms with Crippen LogP contribution < -0.4 is 10.6 Å². The van der Waals surface area contributed by atoms with E-state index in [2.05, 4.69) is 4.90 Å². The Balaban J connectivity index is 2.23. The van der Waals surface area contributed by atoms with Crippen LogP contribution in [0.25, 0.3) is 0 Å². The van der Waals surface area contributed by atoms with E-state index in [0.717, 1.165) is 37.2 Å². The van der Waals surface area contributed by atoms with Crippen LogP contribution in [0.2, 0.25) is 5.02 Å². The van der Waals surface area contributed by atoms with Gasteiger partial charge < -0.3 is 15.7 Å². The van der Waals surface area contributed by atoms with Gasteiger partial charge in [0.05, 0.1) is 0 Å². The van der Waals surface area contributed by atoms with Gasteiger partial charge in [0.1, 0.15) is 5.84 Å². The molecule has 1 atom stereocenters. The highest BCUT2D eigenvalue weighted by atomic mass is 35.5. The van der Waals surface area contributed by atoms with Crippen LogP contribution in [-0.4, -0.2) is 30.6 Å². The summed E-state index contributed by atoms with van der Waals surface area (Å²) in [5.74, 6) is 0.570. The first-order valence-corrected chi connectivity index (χ1v) is 6.49. The molecule has 0 aromatic heterocycles. The number of nitrogen functional groups attached to an aromatic ring is 1. The highest BCUT2D eigenvalue weighted by Crippen LogP contribution is 2.30. The van der Waals surface area contributed by atoms with Crippen molar-refractivity contribution in [3.63, 3.8) is 0 Å². The summed E-state index contributed by atoms with van der Waals surface area (Å²) in [5, 5.41) is 17.2. The fourth-order valence-electron chi connectivity index (χ4n) is 2.46. The summed E-state index contributed by atoms with van der Waals surface area (Å²) < 4.78 is 0. The molecule has 0 saturated carbocycles.